The molecule has 1 saturated heterocycles. The van der Waals surface area contributed by atoms with Crippen molar-refractivity contribution in [1.29, 1.82) is 0 Å². The third-order valence-corrected chi connectivity index (χ3v) is 9.00. The van der Waals surface area contributed by atoms with Crippen molar-refractivity contribution in [2.45, 2.75) is 25.0 Å². The highest BCUT2D eigenvalue weighted by Gasteiger charge is 2.42. The molecule has 3 aromatic rings. The highest BCUT2D eigenvalue weighted by molar-refractivity contribution is 7.93. The molecule has 0 saturated carbocycles. The lowest BCUT2D eigenvalue weighted by molar-refractivity contribution is -0.133. The largest absolute Gasteiger partial charge is 0.497 e. The van der Waals surface area contributed by atoms with Crippen molar-refractivity contribution in [2.75, 3.05) is 30.3 Å². The first-order valence-electron chi connectivity index (χ1n) is 12.7. The molecule has 4 rings (SSSR count). The molecule has 10 nitrogen and oxygen atoms in total. The zero-order valence-corrected chi connectivity index (χ0v) is 24.7. The van der Waals surface area contributed by atoms with Crippen molar-refractivity contribution in [3.63, 3.8) is 0 Å². The van der Waals surface area contributed by atoms with Crippen molar-refractivity contribution >= 4 is 50.7 Å². The van der Waals surface area contributed by atoms with Crippen LogP contribution in [0.3, 0.4) is 0 Å². The Balaban J connectivity index is 1.62. The minimum atomic E-state index is -4.22. The zero-order chi connectivity index (χ0) is 29.7. The SMILES string of the molecule is COc1cccc(N(C2CN(C(c3ccc(Cl)cc3)c3ccc(Cl)cc3)C2)S(=O)(=O)CC(=O)NC(C)C(=O)NO)c1. The number of ether oxygens (including phenoxy) is 1. The van der Waals surface area contributed by atoms with Crippen LogP contribution in [0, 0.1) is 0 Å². The molecule has 0 radical (unpaired) electrons. The fourth-order valence-electron chi connectivity index (χ4n) is 4.78. The van der Waals surface area contributed by atoms with Gasteiger partial charge in [0.1, 0.15) is 17.5 Å². The maximum Gasteiger partial charge on any atom is 0.265 e. The third-order valence-electron chi connectivity index (χ3n) is 6.76. The van der Waals surface area contributed by atoms with Crippen molar-refractivity contribution in [3.05, 3.63) is 94.0 Å². The quantitative estimate of drug-likeness (QED) is 0.221. The Labute approximate surface area is 248 Å². The van der Waals surface area contributed by atoms with E-state index in [0.29, 0.717) is 34.6 Å². The van der Waals surface area contributed by atoms with Crippen LogP contribution in [0.1, 0.15) is 24.1 Å². The Morgan fingerprint density at radius 2 is 1.59 bits per heavy atom. The van der Waals surface area contributed by atoms with Gasteiger partial charge in [0.15, 0.2) is 0 Å². The normalized spacial score (nSPS) is 14.7. The smallest absolute Gasteiger partial charge is 0.265 e. The highest BCUT2D eigenvalue weighted by Crippen LogP contribution is 2.37. The van der Waals surface area contributed by atoms with E-state index in [9.17, 15) is 18.0 Å². The van der Waals surface area contributed by atoms with Crippen LogP contribution in [0.2, 0.25) is 10.0 Å². The molecule has 3 aromatic carbocycles. The summed E-state index contributed by atoms with van der Waals surface area (Å²) < 4.78 is 34.0. The lowest BCUT2D eigenvalue weighted by Gasteiger charge is -2.49. The summed E-state index contributed by atoms with van der Waals surface area (Å²) in [5.74, 6) is -2.20. The van der Waals surface area contributed by atoms with Crippen LogP contribution in [0.4, 0.5) is 5.69 Å². The first kappa shape index (κ1) is 30.6. The predicted octanol–water partition coefficient (Wildman–Crippen LogP) is 3.62. The molecule has 0 bridgehead atoms. The molecule has 1 unspecified atom stereocenters. The van der Waals surface area contributed by atoms with E-state index in [1.165, 1.54) is 23.8 Å². The number of carbonyl (C=O) groups is 2. The molecule has 0 aromatic heterocycles. The number of anilines is 1. The van der Waals surface area contributed by atoms with Gasteiger partial charge in [-0.25, -0.2) is 13.9 Å². The van der Waals surface area contributed by atoms with E-state index in [1.54, 1.807) is 48.5 Å². The monoisotopic (exact) mass is 620 g/mol. The fraction of sp³-hybridized carbons (Fsp3) is 0.286. The molecule has 3 N–H and O–H groups in total. The predicted molar refractivity (Wildman–Crippen MR) is 157 cm³/mol. The molecule has 1 aliphatic rings. The molecule has 1 heterocycles. The van der Waals surface area contributed by atoms with Crippen molar-refractivity contribution in [3.8, 4) is 5.75 Å². The number of methoxy groups -OCH3 is 1. The number of nitrogens with one attached hydrogen (secondary N) is 2. The minimum Gasteiger partial charge on any atom is -0.497 e. The van der Waals surface area contributed by atoms with Crippen molar-refractivity contribution in [1.82, 2.24) is 15.7 Å². The number of halogens is 2. The maximum atomic E-state index is 13.7. The second-order valence-corrected chi connectivity index (χ2v) is 12.4. The zero-order valence-electron chi connectivity index (χ0n) is 22.3. The summed E-state index contributed by atoms with van der Waals surface area (Å²) in [6.45, 7) is 2.04. The van der Waals surface area contributed by atoms with E-state index >= 15 is 0 Å². The van der Waals surface area contributed by atoms with Crippen LogP contribution in [0.25, 0.3) is 0 Å². The summed E-state index contributed by atoms with van der Waals surface area (Å²) in [6, 6.07) is 19.7. The van der Waals surface area contributed by atoms with Gasteiger partial charge in [-0.3, -0.25) is 24.0 Å². The Hall–Kier alpha value is -3.35. The molecular weight excluding hydrogens is 591 g/mol. The molecule has 1 atom stereocenters. The van der Waals surface area contributed by atoms with Gasteiger partial charge >= 0.3 is 0 Å². The average Bonchev–Trinajstić information content (AvgIpc) is 2.92. The summed E-state index contributed by atoms with van der Waals surface area (Å²) in [7, 11) is -2.74. The van der Waals surface area contributed by atoms with Crippen LogP contribution < -0.4 is 19.8 Å². The van der Waals surface area contributed by atoms with E-state index in [1.807, 2.05) is 24.3 Å². The fourth-order valence-corrected chi connectivity index (χ4v) is 6.61. The second-order valence-electron chi connectivity index (χ2n) is 9.63. The van der Waals surface area contributed by atoms with E-state index in [0.717, 1.165) is 11.1 Å². The van der Waals surface area contributed by atoms with E-state index in [-0.39, 0.29) is 6.04 Å². The van der Waals surface area contributed by atoms with E-state index in [4.69, 9.17) is 33.1 Å². The van der Waals surface area contributed by atoms with Crippen LogP contribution >= 0.6 is 23.2 Å². The van der Waals surface area contributed by atoms with Gasteiger partial charge in [0, 0.05) is 29.2 Å². The van der Waals surface area contributed by atoms with Gasteiger partial charge in [0.2, 0.25) is 15.9 Å². The van der Waals surface area contributed by atoms with E-state index in [2.05, 4.69) is 10.2 Å². The summed E-state index contributed by atoms with van der Waals surface area (Å²) in [6.07, 6.45) is 0. The number of rotatable bonds is 11. The lowest BCUT2D eigenvalue weighted by atomic mass is 9.93. The molecule has 41 heavy (non-hydrogen) atoms. The molecule has 1 fully saturated rings. The Bertz CT molecular complexity index is 1440. The molecule has 218 valence electrons. The summed E-state index contributed by atoms with van der Waals surface area (Å²) in [5.41, 5.74) is 3.72. The van der Waals surface area contributed by atoms with Gasteiger partial charge in [0.25, 0.3) is 5.91 Å². The minimum absolute atomic E-state index is 0.197. The lowest BCUT2D eigenvalue weighted by Crippen LogP contribution is -2.62. The summed E-state index contributed by atoms with van der Waals surface area (Å²) in [5, 5.41) is 12.3. The van der Waals surface area contributed by atoms with Crippen LogP contribution in [0.15, 0.2) is 72.8 Å². The Kier molecular flexibility index (Phi) is 9.77. The molecule has 0 spiro atoms. The first-order chi connectivity index (χ1) is 19.5. The van der Waals surface area contributed by atoms with Crippen molar-refractivity contribution in [2.24, 2.45) is 0 Å². The molecular formula is C28H30Cl2N4O6S. The Morgan fingerprint density at radius 3 is 2.10 bits per heavy atom. The van der Waals surface area contributed by atoms with E-state index < -0.39 is 39.7 Å². The maximum absolute atomic E-state index is 13.7. The number of benzene rings is 3. The number of hydrogen-bond donors (Lipinski definition) is 3. The molecule has 13 heteroatoms. The first-order valence-corrected chi connectivity index (χ1v) is 15.0. The number of hydroxylamine groups is 1. The summed E-state index contributed by atoms with van der Waals surface area (Å²) >= 11 is 12.3. The van der Waals surface area contributed by atoms with Gasteiger partial charge < -0.3 is 10.1 Å². The number of nitrogens with zero attached hydrogens (tertiary/aromatic N) is 2. The van der Waals surface area contributed by atoms with Gasteiger partial charge in [0.05, 0.1) is 24.9 Å². The van der Waals surface area contributed by atoms with Crippen LogP contribution in [-0.4, -0.2) is 68.4 Å². The second kappa shape index (κ2) is 13.1. The standard InChI is InChI=1S/C28H30Cl2N4O6S/c1-18(28(36)32-37)31-26(35)17-41(38,39)34(23-4-3-5-25(14-23)40-2)24-15-33(16-24)27(19-6-10-21(29)11-7-19)20-8-12-22(30)13-9-20/h3-14,18,24,27,37H,15-17H2,1-2H3,(H,31,35)(H,32,36). The average molecular weight is 622 g/mol. The number of likely N-dealkylation sites (tertiary alicyclic amines) is 1. The van der Waals surface area contributed by atoms with Gasteiger partial charge in [-0.15, -0.1) is 0 Å². The van der Waals surface area contributed by atoms with Crippen LogP contribution in [0.5, 0.6) is 5.75 Å². The molecule has 1 aliphatic heterocycles. The highest BCUT2D eigenvalue weighted by atomic mass is 35.5. The third kappa shape index (κ3) is 7.30. The Morgan fingerprint density at radius 1 is 1.02 bits per heavy atom. The van der Waals surface area contributed by atoms with Crippen molar-refractivity contribution < 1.29 is 28.0 Å². The van der Waals surface area contributed by atoms with Gasteiger partial charge in [-0.2, -0.15) is 0 Å². The van der Waals surface area contributed by atoms with Crippen LogP contribution in [-0.2, 0) is 19.6 Å². The molecule has 2 amide bonds. The number of carbonyl (C=O) groups excluding carboxylic acids is 2. The van der Waals surface area contributed by atoms with Gasteiger partial charge in [-0.1, -0.05) is 53.5 Å². The number of hydrogen-bond acceptors (Lipinski definition) is 7. The van der Waals surface area contributed by atoms with Gasteiger partial charge in [-0.05, 0) is 54.4 Å². The summed E-state index contributed by atoms with van der Waals surface area (Å²) in [4.78, 5) is 26.4. The number of amides is 2. The number of sulfonamides is 1. The topological polar surface area (TPSA) is 128 Å². The molecule has 0 aliphatic carbocycles.